The second kappa shape index (κ2) is 5.34. The highest BCUT2D eigenvalue weighted by molar-refractivity contribution is 5.85. The first kappa shape index (κ1) is 12.8. The number of rotatable bonds is 5. The summed E-state index contributed by atoms with van der Waals surface area (Å²) >= 11 is 0. The fraction of sp³-hybridized carbons (Fsp3) is 0.154. The molecule has 1 heterocycles. The van der Waals surface area contributed by atoms with Gasteiger partial charge in [-0.05, 0) is 18.2 Å². The molecule has 0 radical (unpaired) electrons. The summed E-state index contributed by atoms with van der Waals surface area (Å²) in [6, 6.07) is 7.80. The Bertz CT molecular complexity index is 593. The van der Waals surface area contributed by atoms with E-state index in [1.54, 1.807) is 30.3 Å². The minimum absolute atomic E-state index is 0.0998. The zero-order valence-electron chi connectivity index (χ0n) is 10.3. The molecule has 0 aliphatic carbocycles. The van der Waals surface area contributed by atoms with Gasteiger partial charge in [-0.25, -0.2) is 0 Å². The number of benzene rings is 1. The molecule has 2 rings (SSSR count). The van der Waals surface area contributed by atoms with Gasteiger partial charge in [-0.2, -0.15) is 0 Å². The first-order chi connectivity index (χ1) is 9.11. The number of hydrogen-bond acceptors (Lipinski definition) is 5. The Morgan fingerprint density at radius 3 is 2.79 bits per heavy atom. The van der Waals surface area contributed by atoms with Gasteiger partial charge in [0.2, 0.25) is 0 Å². The van der Waals surface area contributed by atoms with E-state index in [4.69, 9.17) is 4.42 Å². The number of aldehydes is 1. The number of furan rings is 1. The smallest absolute Gasteiger partial charge is 0.270 e. The van der Waals surface area contributed by atoms with E-state index in [9.17, 15) is 14.9 Å². The van der Waals surface area contributed by atoms with Crippen LogP contribution in [0.2, 0.25) is 0 Å². The molecule has 0 saturated carbocycles. The van der Waals surface area contributed by atoms with E-state index in [1.165, 1.54) is 12.1 Å². The monoisotopic (exact) mass is 260 g/mol. The number of non-ortho nitro benzene ring substituents is 1. The number of anilines is 1. The third-order valence-corrected chi connectivity index (χ3v) is 2.73. The van der Waals surface area contributed by atoms with E-state index in [1.807, 2.05) is 6.07 Å². The molecular formula is C13H12N2O4. The Morgan fingerprint density at radius 1 is 1.42 bits per heavy atom. The van der Waals surface area contributed by atoms with Gasteiger partial charge in [0.25, 0.3) is 5.69 Å². The molecule has 0 aliphatic heterocycles. The summed E-state index contributed by atoms with van der Waals surface area (Å²) in [5.41, 5.74) is 0.803. The number of carbonyl (C=O) groups excluding carboxylic acids is 1. The standard InChI is InChI=1S/C13H12N2O4/c1-14(8-12-3-2-6-19-12)13-5-4-11(15(17)18)7-10(13)9-16/h2-7,9H,8H2,1H3. The normalized spacial score (nSPS) is 10.2. The van der Waals surface area contributed by atoms with Crippen molar-refractivity contribution in [2.24, 2.45) is 0 Å². The predicted octanol–water partition coefficient (Wildman–Crippen LogP) is 2.64. The fourth-order valence-electron chi connectivity index (χ4n) is 1.82. The highest BCUT2D eigenvalue weighted by atomic mass is 16.6. The summed E-state index contributed by atoms with van der Waals surface area (Å²) < 4.78 is 5.22. The molecule has 1 aromatic heterocycles. The molecule has 6 nitrogen and oxygen atoms in total. The van der Waals surface area contributed by atoms with E-state index in [0.717, 1.165) is 5.76 Å². The summed E-state index contributed by atoms with van der Waals surface area (Å²) in [6.45, 7) is 0.478. The molecule has 98 valence electrons. The predicted molar refractivity (Wildman–Crippen MR) is 69.3 cm³/mol. The van der Waals surface area contributed by atoms with Gasteiger partial charge in [0, 0.05) is 30.4 Å². The van der Waals surface area contributed by atoms with Crippen LogP contribution in [0.5, 0.6) is 0 Å². The molecule has 0 N–H and O–H groups in total. The summed E-state index contributed by atoms with van der Waals surface area (Å²) in [5, 5.41) is 10.7. The molecule has 0 amide bonds. The van der Waals surface area contributed by atoms with Crippen molar-refractivity contribution in [2.45, 2.75) is 6.54 Å². The highest BCUT2D eigenvalue weighted by Gasteiger charge is 2.13. The van der Waals surface area contributed by atoms with Crippen LogP contribution in [0.25, 0.3) is 0 Å². The lowest BCUT2D eigenvalue weighted by Crippen LogP contribution is -2.17. The number of nitro groups is 1. The van der Waals surface area contributed by atoms with Crippen LogP contribution in [-0.4, -0.2) is 18.3 Å². The van der Waals surface area contributed by atoms with E-state index in [2.05, 4.69) is 0 Å². The van der Waals surface area contributed by atoms with Crippen molar-refractivity contribution in [1.82, 2.24) is 0 Å². The van der Waals surface area contributed by atoms with Crippen molar-refractivity contribution in [2.75, 3.05) is 11.9 Å². The summed E-state index contributed by atoms with van der Waals surface area (Å²) in [6.07, 6.45) is 2.18. The minimum atomic E-state index is -0.524. The molecule has 0 unspecified atom stereocenters. The Morgan fingerprint density at radius 2 is 2.21 bits per heavy atom. The second-order valence-electron chi connectivity index (χ2n) is 4.05. The fourth-order valence-corrected chi connectivity index (χ4v) is 1.82. The Labute approximate surface area is 109 Å². The quantitative estimate of drug-likeness (QED) is 0.469. The van der Waals surface area contributed by atoms with Gasteiger partial charge in [-0.1, -0.05) is 0 Å². The van der Waals surface area contributed by atoms with Gasteiger partial charge in [-0.15, -0.1) is 0 Å². The molecule has 0 saturated heterocycles. The van der Waals surface area contributed by atoms with Crippen LogP contribution >= 0.6 is 0 Å². The molecule has 0 fully saturated rings. The molecule has 0 spiro atoms. The van der Waals surface area contributed by atoms with Crippen molar-refractivity contribution in [3.05, 3.63) is 58.0 Å². The van der Waals surface area contributed by atoms with Crippen molar-refractivity contribution in [3.8, 4) is 0 Å². The van der Waals surface area contributed by atoms with Crippen LogP contribution in [0.15, 0.2) is 41.0 Å². The molecular weight excluding hydrogens is 248 g/mol. The first-order valence-electron chi connectivity index (χ1n) is 5.59. The van der Waals surface area contributed by atoms with Crippen molar-refractivity contribution >= 4 is 17.7 Å². The molecule has 0 aliphatic rings. The molecule has 6 heteroatoms. The number of carbonyl (C=O) groups is 1. The lowest BCUT2D eigenvalue weighted by atomic mass is 10.1. The van der Waals surface area contributed by atoms with Gasteiger partial charge in [-0.3, -0.25) is 14.9 Å². The lowest BCUT2D eigenvalue weighted by molar-refractivity contribution is -0.384. The first-order valence-corrected chi connectivity index (χ1v) is 5.59. The Balaban J connectivity index is 2.28. The number of nitrogens with zero attached hydrogens (tertiary/aromatic N) is 2. The Kier molecular flexibility index (Phi) is 3.61. The van der Waals surface area contributed by atoms with Gasteiger partial charge in [0.1, 0.15) is 5.76 Å². The molecule has 2 aromatic rings. The van der Waals surface area contributed by atoms with Crippen LogP contribution in [-0.2, 0) is 6.54 Å². The molecule has 0 bridgehead atoms. The van der Waals surface area contributed by atoms with Crippen molar-refractivity contribution in [1.29, 1.82) is 0 Å². The number of nitro benzene ring substituents is 1. The molecule has 19 heavy (non-hydrogen) atoms. The molecule has 1 aromatic carbocycles. The summed E-state index contributed by atoms with van der Waals surface area (Å²) in [7, 11) is 1.79. The van der Waals surface area contributed by atoms with Crippen LogP contribution in [0.4, 0.5) is 11.4 Å². The molecule has 0 atom stereocenters. The largest absolute Gasteiger partial charge is 0.467 e. The Hall–Kier alpha value is -2.63. The van der Waals surface area contributed by atoms with E-state index in [0.29, 0.717) is 18.5 Å². The average molecular weight is 260 g/mol. The summed E-state index contributed by atoms with van der Waals surface area (Å²) in [5.74, 6) is 0.748. The minimum Gasteiger partial charge on any atom is -0.467 e. The maximum Gasteiger partial charge on any atom is 0.270 e. The van der Waals surface area contributed by atoms with Gasteiger partial charge in [0.15, 0.2) is 6.29 Å². The van der Waals surface area contributed by atoms with Crippen molar-refractivity contribution in [3.63, 3.8) is 0 Å². The van der Waals surface area contributed by atoms with Crippen molar-refractivity contribution < 1.29 is 14.1 Å². The highest BCUT2D eigenvalue weighted by Crippen LogP contribution is 2.24. The lowest BCUT2D eigenvalue weighted by Gasteiger charge is -2.19. The SMILES string of the molecule is CN(Cc1ccco1)c1ccc([N+](=O)[O-])cc1C=O. The topological polar surface area (TPSA) is 76.6 Å². The van der Waals surface area contributed by atoms with Crippen LogP contribution in [0.1, 0.15) is 16.1 Å². The van der Waals surface area contributed by atoms with Crippen LogP contribution < -0.4 is 4.90 Å². The van der Waals surface area contributed by atoms with Gasteiger partial charge in [0.05, 0.1) is 17.7 Å². The second-order valence-corrected chi connectivity index (χ2v) is 4.05. The van der Waals surface area contributed by atoms with Crippen LogP contribution in [0.3, 0.4) is 0 Å². The van der Waals surface area contributed by atoms with E-state index >= 15 is 0 Å². The zero-order valence-corrected chi connectivity index (χ0v) is 10.3. The number of hydrogen-bond donors (Lipinski definition) is 0. The van der Waals surface area contributed by atoms with E-state index in [-0.39, 0.29) is 11.3 Å². The van der Waals surface area contributed by atoms with Gasteiger partial charge < -0.3 is 9.32 Å². The maximum atomic E-state index is 11.0. The third-order valence-electron chi connectivity index (χ3n) is 2.73. The maximum absolute atomic E-state index is 11.0. The van der Waals surface area contributed by atoms with E-state index < -0.39 is 4.92 Å². The average Bonchev–Trinajstić information content (AvgIpc) is 2.90. The summed E-state index contributed by atoms with van der Waals surface area (Å²) in [4.78, 5) is 23.0. The van der Waals surface area contributed by atoms with Crippen LogP contribution in [0, 0.1) is 10.1 Å². The van der Waals surface area contributed by atoms with Gasteiger partial charge >= 0.3 is 0 Å². The third kappa shape index (κ3) is 2.79. The zero-order chi connectivity index (χ0) is 13.8.